The molecule has 2 amide bonds. The maximum atomic E-state index is 13.3. The van der Waals surface area contributed by atoms with Gasteiger partial charge in [-0.25, -0.2) is 18.9 Å². The molecule has 2 aliphatic heterocycles. The van der Waals surface area contributed by atoms with E-state index in [1.807, 2.05) is 0 Å². The molecule has 0 saturated carbocycles. The van der Waals surface area contributed by atoms with Gasteiger partial charge in [-0.2, -0.15) is 0 Å². The zero-order valence-electron chi connectivity index (χ0n) is 22.8. The molecule has 0 radical (unpaired) electrons. The number of nitrogens with two attached hydrogens (primary N) is 1. The predicted octanol–water partition coefficient (Wildman–Crippen LogP) is -1.40. The van der Waals surface area contributed by atoms with Crippen LogP contribution in [0.3, 0.4) is 0 Å². The van der Waals surface area contributed by atoms with Gasteiger partial charge in [0.2, 0.25) is 11.9 Å². The highest BCUT2D eigenvalue weighted by atomic mass is 32.2. The molecule has 1 saturated heterocycles. The molecule has 4 heterocycles. The monoisotopic (exact) mass is 631 g/mol. The maximum absolute atomic E-state index is 13.3. The van der Waals surface area contributed by atoms with Crippen LogP contribution in [0.4, 0.5) is 5.13 Å². The largest absolute Gasteiger partial charge is 0.543 e. The lowest BCUT2D eigenvalue weighted by atomic mass is 10.0. The third kappa shape index (κ3) is 5.29. The summed E-state index contributed by atoms with van der Waals surface area (Å²) in [4.78, 5) is 60.3. The molecule has 43 heavy (non-hydrogen) atoms. The van der Waals surface area contributed by atoms with Gasteiger partial charge in [0, 0.05) is 28.8 Å². The third-order valence-corrected chi connectivity index (χ3v) is 8.84. The summed E-state index contributed by atoms with van der Waals surface area (Å²) in [6.07, 6.45) is 1.65. The van der Waals surface area contributed by atoms with Crippen LogP contribution in [0.25, 0.3) is 11.0 Å². The predicted molar refractivity (Wildman–Crippen MR) is 149 cm³/mol. The standard InChI is InChI=1S/C25H25N7O9S2/c1-25(2,23(39)40)41-29-16(11-8-43-24(26)27-11)19(35)28-17-20(36)32-18(22(37)38)10(7-42-21(17)32)6-31-9-30(3)12-4-14(33)15(34)5-13(12)31/h4-5,8-9,17,21H,6-7H2,1-3H3,(H6-,26,27,28,29,33,34,35,37,38,39,40). The number of nitrogens with zero attached hydrogens (tertiary/aromatic N) is 5. The van der Waals surface area contributed by atoms with Gasteiger partial charge in [0.15, 0.2) is 33.4 Å². The number of aromatic hydroxyl groups is 2. The van der Waals surface area contributed by atoms with Crippen molar-refractivity contribution < 1.29 is 49.0 Å². The molecule has 2 atom stereocenters. The number of phenols is 2. The quantitative estimate of drug-likeness (QED) is 0.0603. The van der Waals surface area contributed by atoms with Gasteiger partial charge in [-0.15, -0.1) is 23.1 Å². The van der Waals surface area contributed by atoms with Gasteiger partial charge in [-0.05, 0) is 13.8 Å². The van der Waals surface area contributed by atoms with Crippen LogP contribution in [-0.2, 0) is 37.6 Å². The Hall–Kier alpha value is -4.84. The number of anilines is 1. The summed E-state index contributed by atoms with van der Waals surface area (Å²) in [5.74, 6) is -5.04. The van der Waals surface area contributed by atoms with E-state index in [0.717, 1.165) is 16.2 Å². The van der Waals surface area contributed by atoms with Crippen molar-refractivity contribution in [3.8, 4) is 11.5 Å². The molecule has 0 aliphatic carbocycles. The second kappa shape index (κ2) is 10.8. The molecule has 1 fully saturated rings. The first-order valence-electron chi connectivity index (χ1n) is 12.5. The van der Waals surface area contributed by atoms with Gasteiger partial charge < -0.3 is 41.1 Å². The number of hydrogen-bond donors (Lipinski definition) is 5. The molecule has 2 unspecified atom stereocenters. The third-order valence-electron chi connectivity index (χ3n) is 6.82. The number of hydrogen-bond acceptors (Lipinski definition) is 13. The van der Waals surface area contributed by atoms with Crippen LogP contribution in [0.15, 0.2) is 40.3 Å². The van der Waals surface area contributed by atoms with Crippen LogP contribution in [0, 0.1) is 0 Å². The molecule has 5 rings (SSSR count). The number of aryl methyl sites for hydroxylation is 1. The molecule has 3 aromatic rings. The van der Waals surface area contributed by atoms with Crippen molar-refractivity contribution in [2.24, 2.45) is 12.2 Å². The summed E-state index contributed by atoms with van der Waals surface area (Å²) in [7, 11) is 1.71. The lowest BCUT2D eigenvalue weighted by Gasteiger charge is -2.50. The number of benzene rings is 1. The first-order valence-corrected chi connectivity index (χ1v) is 14.4. The van der Waals surface area contributed by atoms with Crippen LogP contribution in [0.2, 0.25) is 0 Å². The molecule has 0 spiro atoms. The Balaban J connectivity index is 1.40. The van der Waals surface area contributed by atoms with Crippen LogP contribution in [0.5, 0.6) is 11.5 Å². The number of amides is 2. The number of aliphatic carboxylic acids is 2. The number of carbonyl (C=O) groups excluding carboxylic acids is 3. The average Bonchev–Trinajstić information content (AvgIpc) is 3.49. The van der Waals surface area contributed by atoms with Crippen molar-refractivity contribution >= 4 is 68.7 Å². The zero-order chi connectivity index (χ0) is 31.4. The number of nitrogens with one attached hydrogen (secondary N) is 1. The smallest absolute Gasteiger partial charge is 0.350 e. The van der Waals surface area contributed by atoms with Gasteiger partial charge in [-0.3, -0.25) is 14.5 Å². The fourth-order valence-electron chi connectivity index (χ4n) is 4.53. The van der Waals surface area contributed by atoms with E-state index < -0.39 is 46.5 Å². The Bertz CT molecular complexity index is 1760. The van der Waals surface area contributed by atoms with Crippen LogP contribution >= 0.6 is 23.1 Å². The zero-order valence-corrected chi connectivity index (χ0v) is 24.4. The number of phenolic OH excluding ortho intramolecular Hbond substituents is 2. The fourth-order valence-corrected chi connectivity index (χ4v) is 6.42. The number of carboxylic acid groups (broad SMARTS) is 2. The minimum absolute atomic E-state index is 0.00908. The van der Waals surface area contributed by atoms with Gasteiger partial charge in [0.05, 0.1) is 18.7 Å². The molecule has 0 bridgehead atoms. The van der Waals surface area contributed by atoms with Crippen molar-refractivity contribution in [1.29, 1.82) is 0 Å². The Morgan fingerprint density at radius 2 is 2.00 bits per heavy atom. The first kappa shape index (κ1) is 29.6. The minimum Gasteiger partial charge on any atom is -0.543 e. The Morgan fingerprint density at radius 1 is 1.30 bits per heavy atom. The molecule has 16 nitrogen and oxygen atoms in total. The van der Waals surface area contributed by atoms with Crippen molar-refractivity contribution in [1.82, 2.24) is 19.8 Å². The van der Waals surface area contributed by atoms with E-state index in [4.69, 9.17) is 10.6 Å². The van der Waals surface area contributed by atoms with Gasteiger partial charge >= 0.3 is 5.97 Å². The highest BCUT2D eigenvalue weighted by Crippen LogP contribution is 2.41. The molecule has 1 aromatic carbocycles. The Kier molecular flexibility index (Phi) is 7.43. The summed E-state index contributed by atoms with van der Waals surface area (Å²) in [6.45, 7) is 2.48. The number of nitrogen functional groups attached to an aromatic ring is 1. The van der Waals surface area contributed by atoms with Crippen molar-refractivity contribution in [3.05, 3.63) is 40.8 Å². The van der Waals surface area contributed by atoms with Crippen LogP contribution in [0.1, 0.15) is 19.5 Å². The number of oxime groups is 1. The van der Waals surface area contributed by atoms with Crippen LogP contribution < -0.4 is 20.7 Å². The van der Waals surface area contributed by atoms with E-state index in [9.17, 15) is 39.6 Å². The normalized spacial score (nSPS) is 18.8. The summed E-state index contributed by atoms with van der Waals surface area (Å²) in [5, 5.41) is 48.4. The van der Waals surface area contributed by atoms with E-state index in [2.05, 4.69) is 15.5 Å². The second-order valence-corrected chi connectivity index (χ2v) is 12.2. The highest BCUT2D eigenvalue weighted by molar-refractivity contribution is 8.00. The number of thiazole rings is 1. The summed E-state index contributed by atoms with van der Waals surface area (Å²) >= 11 is 2.22. The number of β-lactam (4-membered cyclic amide) rings is 1. The molecule has 2 aromatic heterocycles. The number of rotatable bonds is 9. The van der Waals surface area contributed by atoms with Crippen LogP contribution in [-0.4, -0.2) is 82.0 Å². The number of imidazole rings is 1. The molecule has 226 valence electrons. The SMILES string of the molecule is C[n+]1cn(CC2=C(C(=O)[O-])N3C(=O)C(NC(=O)/C(=N\OC(C)(C)C(=O)O)c4csc(N)n4)C3SC2)c2cc(O)c(O)cc21. The molecule has 2 aliphatic rings. The molecular formula is C25H25N7O9S2. The van der Waals surface area contributed by atoms with Crippen molar-refractivity contribution in [2.75, 3.05) is 11.5 Å². The maximum Gasteiger partial charge on any atom is 0.350 e. The highest BCUT2D eigenvalue weighted by Gasteiger charge is 2.53. The Labute approximate surface area is 250 Å². The van der Waals surface area contributed by atoms with E-state index in [-0.39, 0.29) is 40.3 Å². The average molecular weight is 632 g/mol. The molecule has 18 heteroatoms. The summed E-state index contributed by atoms with van der Waals surface area (Å²) < 4.78 is 3.35. The lowest BCUT2D eigenvalue weighted by molar-refractivity contribution is -0.645. The number of aromatic nitrogens is 3. The van der Waals surface area contributed by atoms with E-state index in [0.29, 0.717) is 16.6 Å². The fraction of sp³-hybridized carbons (Fsp3) is 0.320. The van der Waals surface area contributed by atoms with Crippen molar-refractivity contribution in [2.45, 2.75) is 37.4 Å². The number of carboxylic acids is 2. The molecular weight excluding hydrogens is 606 g/mol. The summed E-state index contributed by atoms with van der Waals surface area (Å²) in [5.41, 5.74) is 4.57. The van der Waals surface area contributed by atoms with E-state index in [1.165, 1.54) is 43.1 Å². The molecule has 6 N–H and O–H groups in total. The number of carbonyl (C=O) groups is 4. The van der Waals surface area contributed by atoms with E-state index >= 15 is 0 Å². The topological polar surface area (TPSA) is 237 Å². The number of thioether (sulfide) groups is 1. The number of fused-ring (bicyclic) bond motifs is 2. The van der Waals surface area contributed by atoms with Crippen molar-refractivity contribution in [3.63, 3.8) is 0 Å². The second-order valence-electron chi connectivity index (χ2n) is 10.2. The van der Waals surface area contributed by atoms with Gasteiger partial charge in [0.1, 0.15) is 23.7 Å². The lowest BCUT2D eigenvalue weighted by Crippen LogP contribution is -2.71. The first-order chi connectivity index (χ1) is 20.2. The minimum atomic E-state index is -1.79. The Morgan fingerprint density at radius 3 is 2.63 bits per heavy atom. The summed E-state index contributed by atoms with van der Waals surface area (Å²) in [6, 6.07) is 1.57. The van der Waals surface area contributed by atoms with E-state index in [1.54, 1.807) is 22.5 Å². The van der Waals surface area contributed by atoms with Gasteiger partial charge in [-0.1, -0.05) is 5.16 Å². The van der Waals surface area contributed by atoms with Gasteiger partial charge in [0.25, 0.3) is 11.8 Å².